The molecule has 0 saturated carbocycles. The highest BCUT2D eigenvalue weighted by molar-refractivity contribution is 5.96. The molecular weight excluding hydrogens is 385 g/mol. The Morgan fingerprint density at radius 3 is 2.62 bits per heavy atom. The molecule has 1 amide bonds. The maximum absolute atomic E-state index is 13.3. The summed E-state index contributed by atoms with van der Waals surface area (Å²) in [6.07, 6.45) is -1.93. The minimum Gasteiger partial charge on any atom is -0.394 e. The Kier molecular flexibility index (Phi) is 5.69. The van der Waals surface area contributed by atoms with E-state index in [1.54, 1.807) is 19.2 Å². The van der Waals surface area contributed by atoms with Gasteiger partial charge in [0.25, 0.3) is 5.91 Å². The fraction of sp³-hybridized carbons (Fsp3) is 0.250. The van der Waals surface area contributed by atoms with Gasteiger partial charge in [-0.15, -0.1) is 0 Å². The number of aromatic nitrogens is 3. The lowest BCUT2D eigenvalue weighted by Gasteiger charge is -2.15. The third-order valence-corrected chi connectivity index (χ3v) is 4.22. The molecule has 9 heteroatoms. The van der Waals surface area contributed by atoms with Crippen molar-refractivity contribution in [1.29, 1.82) is 0 Å². The Hall–Kier alpha value is -3.20. The van der Waals surface area contributed by atoms with E-state index in [0.717, 1.165) is 22.5 Å². The number of hydrogen-bond acceptors (Lipinski definition) is 4. The van der Waals surface area contributed by atoms with Crippen LogP contribution in [0.2, 0.25) is 0 Å². The van der Waals surface area contributed by atoms with E-state index in [4.69, 9.17) is 5.11 Å². The van der Waals surface area contributed by atoms with Gasteiger partial charge in [-0.25, -0.2) is 4.68 Å². The lowest BCUT2D eigenvalue weighted by atomic mass is 10.0. The molecule has 3 rings (SSSR count). The Labute approximate surface area is 165 Å². The molecule has 0 spiro atoms. The number of carbonyl (C=O) groups excluding carboxylic acids is 1. The second-order valence-electron chi connectivity index (χ2n) is 6.67. The second kappa shape index (κ2) is 8.04. The van der Waals surface area contributed by atoms with Gasteiger partial charge in [-0.1, -0.05) is 6.07 Å². The van der Waals surface area contributed by atoms with Gasteiger partial charge in [0.2, 0.25) is 0 Å². The van der Waals surface area contributed by atoms with Crippen LogP contribution in [0.25, 0.3) is 16.9 Å². The van der Waals surface area contributed by atoms with E-state index in [2.05, 4.69) is 15.4 Å². The van der Waals surface area contributed by atoms with Gasteiger partial charge >= 0.3 is 6.18 Å². The van der Waals surface area contributed by atoms with Crippen molar-refractivity contribution in [3.05, 3.63) is 65.6 Å². The SMILES string of the molecule is Cc1ccc(-c2cc(C(=O)N[C@@H](C)CO)cc(-n3nccc3C(F)(F)F)c2)nc1. The van der Waals surface area contributed by atoms with Crippen molar-refractivity contribution in [3.8, 4) is 16.9 Å². The van der Waals surface area contributed by atoms with Crippen molar-refractivity contribution < 1.29 is 23.1 Å². The highest BCUT2D eigenvalue weighted by atomic mass is 19.4. The summed E-state index contributed by atoms with van der Waals surface area (Å²) in [5.41, 5.74) is 1.14. The molecule has 29 heavy (non-hydrogen) atoms. The average Bonchev–Trinajstić information content (AvgIpc) is 3.18. The van der Waals surface area contributed by atoms with Crippen molar-refractivity contribution >= 4 is 5.91 Å². The third-order valence-electron chi connectivity index (χ3n) is 4.22. The maximum Gasteiger partial charge on any atom is 0.433 e. The molecule has 0 aliphatic rings. The van der Waals surface area contributed by atoms with Crippen molar-refractivity contribution in [3.63, 3.8) is 0 Å². The van der Waals surface area contributed by atoms with E-state index in [1.807, 2.05) is 13.0 Å². The van der Waals surface area contributed by atoms with Crippen molar-refractivity contribution in [2.75, 3.05) is 6.61 Å². The average molecular weight is 404 g/mol. The van der Waals surface area contributed by atoms with Crippen LogP contribution in [0.5, 0.6) is 0 Å². The van der Waals surface area contributed by atoms with Crippen molar-refractivity contribution in [2.45, 2.75) is 26.1 Å². The smallest absolute Gasteiger partial charge is 0.394 e. The fourth-order valence-electron chi connectivity index (χ4n) is 2.73. The number of carbonyl (C=O) groups is 1. The highest BCUT2D eigenvalue weighted by Gasteiger charge is 2.35. The summed E-state index contributed by atoms with van der Waals surface area (Å²) in [5.74, 6) is -0.525. The van der Waals surface area contributed by atoms with Gasteiger partial charge < -0.3 is 10.4 Å². The van der Waals surface area contributed by atoms with Crippen LogP contribution in [0.15, 0.2) is 48.8 Å². The number of nitrogens with one attached hydrogen (secondary N) is 1. The lowest BCUT2D eigenvalue weighted by Crippen LogP contribution is -2.35. The summed E-state index contributed by atoms with van der Waals surface area (Å²) in [5, 5.41) is 15.5. The Morgan fingerprint density at radius 2 is 2.00 bits per heavy atom. The van der Waals surface area contributed by atoms with Gasteiger partial charge in [-0.2, -0.15) is 18.3 Å². The number of alkyl halides is 3. The number of halogens is 3. The lowest BCUT2D eigenvalue weighted by molar-refractivity contribution is -0.142. The first kappa shape index (κ1) is 20.5. The monoisotopic (exact) mass is 404 g/mol. The summed E-state index contributed by atoms with van der Waals surface area (Å²) < 4.78 is 40.7. The number of hydrogen-bond donors (Lipinski definition) is 2. The van der Waals surface area contributed by atoms with Crippen LogP contribution in [0.3, 0.4) is 0 Å². The molecule has 0 fully saturated rings. The van der Waals surface area contributed by atoms with Crippen LogP contribution in [-0.2, 0) is 6.18 Å². The predicted molar refractivity (Wildman–Crippen MR) is 101 cm³/mol. The van der Waals surface area contributed by atoms with E-state index >= 15 is 0 Å². The summed E-state index contributed by atoms with van der Waals surface area (Å²) in [6, 6.07) is 8.24. The van der Waals surface area contributed by atoms with Crippen molar-refractivity contribution in [2.24, 2.45) is 0 Å². The molecular formula is C20H19F3N4O2. The zero-order chi connectivity index (χ0) is 21.2. The van der Waals surface area contributed by atoms with Gasteiger partial charge in [0, 0.05) is 23.4 Å². The predicted octanol–water partition coefficient (Wildman–Crippen LogP) is 3.37. The van der Waals surface area contributed by atoms with Crippen LogP contribution in [0.4, 0.5) is 13.2 Å². The van der Waals surface area contributed by atoms with Crippen LogP contribution < -0.4 is 5.32 Å². The van der Waals surface area contributed by atoms with E-state index in [9.17, 15) is 18.0 Å². The molecule has 0 bridgehead atoms. The molecule has 2 aromatic heterocycles. The number of amides is 1. The highest BCUT2D eigenvalue weighted by Crippen LogP contribution is 2.32. The molecule has 0 unspecified atom stereocenters. The number of rotatable bonds is 5. The van der Waals surface area contributed by atoms with Crippen LogP contribution in [0, 0.1) is 6.92 Å². The number of nitrogens with zero attached hydrogens (tertiary/aromatic N) is 3. The normalized spacial score (nSPS) is 12.6. The largest absolute Gasteiger partial charge is 0.433 e. The molecule has 3 aromatic rings. The Bertz CT molecular complexity index is 1010. The topological polar surface area (TPSA) is 80.0 Å². The fourth-order valence-corrected chi connectivity index (χ4v) is 2.73. The van der Waals surface area contributed by atoms with Crippen LogP contribution in [0.1, 0.15) is 28.5 Å². The molecule has 6 nitrogen and oxygen atoms in total. The maximum atomic E-state index is 13.3. The molecule has 0 radical (unpaired) electrons. The zero-order valence-electron chi connectivity index (χ0n) is 15.7. The van der Waals surface area contributed by atoms with Gasteiger partial charge in [0.15, 0.2) is 0 Å². The molecule has 2 heterocycles. The Morgan fingerprint density at radius 1 is 1.24 bits per heavy atom. The van der Waals surface area contributed by atoms with Crippen molar-refractivity contribution in [1.82, 2.24) is 20.1 Å². The standard InChI is InChI=1S/C20H19F3N4O2/c1-12-3-4-17(24-10-12)14-7-15(19(29)26-13(2)11-28)9-16(8-14)27-18(5-6-25-27)20(21,22)23/h3-10,13,28H,11H2,1-2H3,(H,26,29)/t13-/m0/s1. The molecule has 152 valence electrons. The van der Waals surface area contributed by atoms with Gasteiger partial charge in [0.05, 0.1) is 24.2 Å². The van der Waals surface area contributed by atoms with E-state index in [0.29, 0.717) is 11.3 Å². The summed E-state index contributed by atoms with van der Waals surface area (Å²) >= 11 is 0. The van der Waals surface area contributed by atoms with Gasteiger partial charge in [-0.05, 0) is 49.7 Å². The first-order valence-corrected chi connectivity index (χ1v) is 8.80. The van der Waals surface area contributed by atoms with Gasteiger partial charge in [-0.3, -0.25) is 9.78 Å². The first-order valence-electron chi connectivity index (χ1n) is 8.80. The quantitative estimate of drug-likeness (QED) is 0.683. The number of aryl methyl sites for hydroxylation is 1. The Balaban J connectivity index is 2.14. The summed E-state index contributed by atoms with van der Waals surface area (Å²) in [4.78, 5) is 16.9. The van der Waals surface area contributed by atoms with E-state index in [-0.39, 0.29) is 17.9 Å². The minimum absolute atomic E-state index is 0.0731. The number of pyridine rings is 1. The second-order valence-corrected chi connectivity index (χ2v) is 6.67. The minimum atomic E-state index is -4.61. The molecule has 0 saturated heterocycles. The van der Waals surface area contributed by atoms with Crippen LogP contribution in [-0.4, -0.2) is 38.4 Å². The van der Waals surface area contributed by atoms with Gasteiger partial charge in [0.1, 0.15) is 5.69 Å². The van der Waals surface area contributed by atoms with E-state index < -0.39 is 23.8 Å². The van der Waals surface area contributed by atoms with E-state index in [1.165, 1.54) is 18.2 Å². The molecule has 1 atom stereocenters. The summed E-state index contributed by atoms with van der Waals surface area (Å²) in [7, 11) is 0. The van der Waals surface area contributed by atoms with Crippen LogP contribution >= 0.6 is 0 Å². The first-order chi connectivity index (χ1) is 13.7. The molecule has 0 aliphatic carbocycles. The molecule has 0 aliphatic heterocycles. The molecule has 1 aromatic carbocycles. The number of benzene rings is 1. The number of aliphatic hydroxyl groups is 1. The zero-order valence-corrected chi connectivity index (χ0v) is 15.7. The third kappa shape index (κ3) is 4.62. The number of aliphatic hydroxyl groups excluding tert-OH is 1. The summed E-state index contributed by atoms with van der Waals surface area (Å²) in [6.45, 7) is 3.20. The molecule has 2 N–H and O–H groups in total.